The fourth-order valence-electron chi connectivity index (χ4n) is 7.43. The average Bonchev–Trinajstić information content (AvgIpc) is 3.67. The Morgan fingerprint density at radius 2 is 1.60 bits per heavy atom. The van der Waals surface area contributed by atoms with E-state index in [-0.39, 0.29) is 26.1 Å². The first-order chi connectivity index (χ1) is 23.2. The van der Waals surface area contributed by atoms with Gasteiger partial charge in [0.05, 0.1) is 19.3 Å². The summed E-state index contributed by atoms with van der Waals surface area (Å²) in [4.78, 5) is 48.4. The molecule has 7 rings (SSSR count). The van der Waals surface area contributed by atoms with Gasteiger partial charge in [-0.2, -0.15) is 5.06 Å². The summed E-state index contributed by atoms with van der Waals surface area (Å²) in [7, 11) is 0. The van der Waals surface area contributed by atoms with Gasteiger partial charge in [-0.05, 0) is 47.2 Å². The van der Waals surface area contributed by atoms with Crippen LogP contribution in [0.3, 0.4) is 0 Å². The molecule has 3 saturated heterocycles. The molecule has 4 fully saturated rings. The molecular formula is C35H36IN3O9. The minimum Gasteiger partial charge on any atom is -0.458 e. The molecule has 0 unspecified atom stereocenters. The van der Waals surface area contributed by atoms with Crippen molar-refractivity contribution in [2.24, 2.45) is 5.41 Å². The first-order valence-corrected chi connectivity index (χ1v) is 17.0. The largest absolute Gasteiger partial charge is 0.458 e. The molecule has 252 valence electrons. The van der Waals surface area contributed by atoms with E-state index in [0.29, 0.717) is 11.1 Å². The summed E-state index contributed by atoms with van der Waals surface area (Å²) in [6.07, 6.45) is -4.88. The number of carbonyl (C=O) groups excluding carboxylic acids is 3. The van der Waals surface area contributed by atoms with E-state index in [1.807, 2.05) is 84.9 Å². The van der Waals surface area contributed by atoms with Crippen LogP contribution in [0.25, 0.3) is 0 Å². The van der Waals surface area contributed by atoms with E-state index >= 15 is 0 Å². The number of nitrogens with one attached hydrogen (secondary N) is 2. The predicted octanol–water partition coefficient (Wildman–Crippen LogP) is 1.75. The third kappa shape index (κ3) is 5.50. The number of aliphatic hydroxyl groups excluding tert-OH is 2. The van der Waals surface area contributed by atoms with Crippen LogP contribution in [0.2, 0.25) is 0 Å². The Morgan fingerprint density at radius 3 is 2.21 bits per heavy atom. The number of aliphatic hydroxyl groups is 2. The molecule has 3 heterocycles. The van der Waals surface area contributed by atoms with Crippen LogP contribution in [0.5, 0.6) is 0 Å². The van der Waals surface area contributed by atoms with E-state index in [1.165, 1.54) is 12.0 Å². The van der Waals surface area contributed by atoms with Crippen molar-refractivity contribution in [3.63, 3.8) is 0 Å². The van der Waals surface area contributed by atoms with Crippen molar-refractivity contribution in [2.45, 2.75) is 68.3 Å². The number of hydrogen-bond donors (Lipinski definition) is 4. The molecule has 48 heavy (non-hydrogen) atoms. The molecule has 8 atom stereocenters. The number of hydroxylamine groups is 2. The van der Waals surface area contributed by atoms with Crippen molar-refractivity contribution in [3.05, 3.63) is 105 Å². The van der Waals surface area contributed by atoms with E-state index < -0.39 is 71.6 Å². The number of halogens is 1. The maximum absolute atomic E-state index is 14.7. The molecule has 4 aliphatic rings. The van der Waals surface area contributed by atoms with Crippen LogP contribution >= 0.6 is 22.6 Å². The van der Waals surface area contributed by atoms with Gasteiger partial charge in [-0.25, -0.2) is 0 Å². The lowest BCUT2D eigenvalue weighted by atomic mass is 9.62. The topological polar surface area (TPSA) is 156 Å². The van der Waals surface area contributed by atoms with Gasteiger partial charge in [-0.15, -0.1) is 0 Å². The number of carbonyl (C=O) groups is 3. The van der Waals surface area contributed by atoms with E-state index in [0.717, 1.165) is 9.13 Å². The molecule has 1 aliphatic carbocycles. The van der Waals surface area contributed by atoms with Crippen LogP contribution in [0.4, 0.5) is 0 Å². The number of hydrogen-bond acceptors (Lipinski definition) is 10. The molecule has 3 aromatic rings. The first-order valence-electron chi connectivity index (χ1n) is 15.9. The highest BCUT2D eigenvalue weighted by molar-refractivity contribution is 14.1. The average molecular weight is 770 g/mol. The maximum atomic E-state index is 14.7. The number of ether oxygens (including phenoxy) is 3. The lowest BCUT2D eigenvalue weighted by Crippen LogP contribution is -2.71. The molecule has 2 amide bonds. The van der Waals surface area contributed by atoms with Crippen molar-refractivity contribution in [3.8, 4) is 0 Å². The summed E-state index contributed by atoms with van der Waals surface area (Å²) in [6, 6.07) is 24.0. The molecule has 1 saturated carbocycles. The zero-order valence-electron chi connectivity index (χ0n) is 26.0. The summed E-state index contributed by atoms with van der Waals surface area (Å²) in [5.74, 6) is -3.40. The van der Waals surface area contributed by atoms with Gasteiger partial charge >= 0.3 is 5.97 Å². The van der Waals surface area contributed by atoms with Gasteiger partial charge in [0.25, 0.3) is 0 Å². The minimum atomic E-state index is -1.58. The minimum absolute atomic E-state index is 0.0259. The second-order valence-corrected chi connectivity index (χ2v) is 13.8. The fourth-order valence-corrected chi connectivity index (χ4v) is 7.79. The Balaban J connectivity index is 1.32. The lowest BCUT2D eigenvalue weighted by Gasteiger charge is -2.49. The third-order valence-electron chi connectivity index (χ3n) is 9.60. The molecule has 12 nitrogen and oxygen atoms in total. The summed E-state index contributed by atoms with van der Waals surface area (Å²) >= 11 is 2.21. The van der Waals surface area contributed by atoms with Gasteiger partial charge in [-0.3, -0.25) is 19.2 Å². The van der Waals surface area contributed by atoms with Gasteiger partial charge in [-0.1, -0.05) is 72.8 Å². The molecule has 4 N–H and O–H groups in total. The monoisotopic (exact) mass is 769 g/mol. The van der Waals surface area contributed by atoms with Crippen LogP contribution < -0.4 is 10.6 Å². The quantitative estimate of drug-likeness (QED) is 0.177. The molecule has 0 radical (unpaired) electrons. The van der Waals surface area contributed by atoms with Gasteiger partial charge < -0.3 is 35.1 Å². The fraction of sp³-hybridized carbons (Fsp3) is 0.400. The first kappa shape index (κ1) is 33.1. The van der Waals surface area contributed by atoms with Crippen LogP contribution in [0, 0.1) is 8.99 Å². The highest BCUT2D eigenvalue weighted by Crippen LogP contribution is 2.59. The van der Waals surface area contributed by atoms with E-state index in [4.69, 9.17) is 19.0 Å². The molecule has 2 bridgehead atoms. The van der Waals surface area contributed by atoms with Crippen molar-refractivity contribution >= 4 is 40.4 Å². The number of benzene rings is 3. The third-order valence-corrected chi connectivity index (χ3v) is 10.3. The van der Waals surface area contributed by atoms with Crippen molar-refractivity contribution in [1.29, 1.82) is 0 Å². The number of nitrogens with zero attached hydrogens (tertiary/aromatic N) is 1. The van der Waals surface area contributed by atoms with Crippen LogP contribution in [-0.4, -0.2) is 88.8 Å². The molecule has 13 heteroatoms. The predicted molar refractivity (Wildman–Crippen MR) is 177 cm³/mol. The maximum Gasteiger partial charge on any atom is 0.327 e. The van der Waals surface area contributed by atoms with Crippen LogP contribution in [-0.2, 0) is 45.8 Å². The highest BCUT2D eigenvalue weighted by Gasteiger charge is 2.76. The number of amides is 2. The summed E-state index contributed by atoms with van der Waals surface area (Å²) in [6.45, 7) is 1.16. The Kier molecular flexibility index (Phi) is 9.04. The van der Waals surface area contributed by atoms with Crippen LogP contribution in [0.15, 0.2) is 84.9 Å². The SMILES string of the molecule is C[C@H](O)[C@@H](NC(=O)[C@@]12C[C@H]3OC(=O)[C@@H]1N(Cc1ccc(I)cc1)O[C@@H]2[C@H]1OC(c2ccccc2)(c2ccccc2)O[C@H]13)C(=O)NCCO. The van der Waals surface area contributed by atoms with Crippen molar-refractivity contribution in [2.75, 3.05) is 13.2 Å². The normalized spacial score (nSPS) is 29.8. The Hall–Kier alpha value is -3.44. The van der Waals surface area contributed by atoms with Crippen molar-refractivity contribution < 1.29 is 43.6 Å². The van der Waals surface area contributed by atoms with Gasteiger partial charge in [0.2, 0.25) is 17.6 Å². The Bertz CT molecular complexity index is 1620. The molecular weight excluding hydrogens is 733 g/mol. The van der Waals surface area contributed by atoms with Gasteiger partial charge in [0.1, 0.15) is 35.9 Å². The number of fused-ring (bicyclic) bond motifs is 4. The number of esters is 1. The summed E-state index contributed by atoms with van der Waals surface area (Å²) in [5.41, 5.74) is 0.685. The molecule has 0 aromatic heterocycles. The van der Waals surface area contributed by atoms with Gasteiger partial charge in [0, 0.05) is 27.7 Å². The second kappa shape index (κ2) is 13.1. The molecule has 3 aliphatic heterocycles. The highest BCUT2D eigenvalue weighted by atomic mass is 127. The van der Waals surface area contributed by atoms with E-state index in [2.05, 4.69) is 33.2 Å². The second-order valence-electron chi connectivity index (χ2n) is 12.6. The Labute approximate surface area is 290 Å². The lowest BCUT2D eigenvalue weighted by molar-refractivity contribution is -0.213. The summed E-state index contributed by atoms with van der Waals surface area (Å²) < 4.78 is 20.9. The molecule has 3 aromatic carbocycles. The molecule has 0 spiro atoms. The number of rotatable bonds is 10. The standard InChI is InChI=1S/C35H36IN3O9/c1-20(41)26(31(42)37-16-17-40)38-33(44)34-18-25-27-28(47-35(46-27,22-8-4-2-5-9-22)23-10-6-3-7-11-23)30(34)48-39(29(34)32(43)45-25)19-21-12-14-24(36)15-13-21/h2-15,20,25-30,40-41H,16-19H2,1H3,(H,37,42)(H,38,44)/t20-,25+,26+,27-,28-,29-,30+,34-/m0/s1. The van der Waals surface area contributed by atoms with E-state index in [1.54, 1.807) is 0 Å². The van der Waals surface area contributed by atoms with Crippen LogP contribution in [0.1, 0.15) is 30.0 Å². The van der Waals surface area contributed by atoms with E-state index in [9.17, 15) is 24.6 Å². The van der Waals surface area contributed by atoms with Crippen molar-refractivity contribution in [1.82, 2.24) is 15.7 Å². The summed E-state index contributed by atoms with van der Waals surface area (Å²) in [5, 5.41) is 26.5. The zero-order valence-corrected chi connectivity index (χ0v) is 28.2. The smallest absolute Gasteiger partial charge is 0.327 e. The van der Waals surface area contributed by atoms with Gasteiger partial charge in [0.15, 0.2) is 6.04 Å². The Morgan fingerprint density at radius 1 is 0.979 bits per heavy atom. The zero-order chi connectivity index (χ0) is 33.6.